The second-order valence-electron chi connectivity index (χ2n) is 8.84. The number of hydrogen-bond donors (Lipinski definition) is 2. The molecule has 5 rings (SSSR count). The van der Waals surface area contributed by atoms with Gasteiger partial charge in [-0.3, -0.25) is 9.59 Å². The summed E-state index contributed by atoms with van der Waals surface area (Å²) < 4.78 is 19.6. The van der Waals surface area contributed by atoms with Crippen molar-refractivity contribution in [3.8, 4) is 0 Å². The fraction of sp³-hybridized carbons (Fsp3) is 0.417. The lowest BCUT2D eigenvalue weighted by atomic mass is 9.85. The largest absolute Gasteiger partial charge is 0.447 e. The molecule has 10 heteroatoms. The Labute approximate surface area is 200 Å². The highest BCUT2D eigenvalue weighted by Gasteiger charge is 2.32. The lowest BCUT2D eigenvalue weighted by Gasteiger charge is -2.33. The number of rotatable bonds is 5. The van der Waals surface area contributed by atoms with E-state index in [2.05, 4.69) is 25.5 Å². The average molecular weight is 486 g/mol. The summed E-state index contributed by atoms with van der Waals surface area (Å²) >= 11 is 5.85. The smallest absolute Gasteiger partial charge is 0.294 e. The number of furan rings is 1. The molecule has 1 saturated heterocycles. The Hall–Kier alpha value is -3.04. The first-order valence-corrected chi connectivity index (χ1v) is 11.9. The van der Waals surface area contributed by atoms with E-state index in [1.165, 1.54) is 31.2 Å². The van der Waals surface area contributed by atoms with E-state index < -0.39 is 11.9 Å². The number of nitrogens with one attached hydrogen (secondary N) is 2. The van der Waals surface area contributed by atoms with Crippen LogP contribution in [0.2, 0.25) is 5.02 Å². The molecule has 1 saturated carbocycles. The first-order chi connectivity index (χ1) is 16.5. The van der Waals surface area contributed by atoms with Gasteiger partial charge in [0.15, 0.2) is 5.58 Å². The number of carbonyl (C=O) groups excluding carboxylic acids is 2. The number of nitrogens with zero attached hydrogens (tertiary/aromatic N) is 3. The number of pyridine rings is 2. The Balaban J connectivity index is 1.35. The van der Waals surface area contributed by atoms with Crippen LogP contribution < -0.4 is 10.6 Å². The summed E-state index contributed by atoms with van der Waals surface area (Å²) in [6.07, 6.45) is 7.34. The molecule has 2 amide bonds. The van der Waals surface area contributed by atoms with E-state index in [9.17, 15) is 14.0 Å². The van der Waals surface area contributed by atoms with Crippen LogP contribution >= 0.6 is 11.6 Å². The molecule has 1 aliphatic carbocycles. The van der Waals surface area contributed by atoms with E-state index in [1.54, 1.807) is 6.07 Å². The van der Waals surface area contributed by atoms with Gasteiger partial charge in [0, 0.05) is 18.2 Å². The monoisotopic (exact) mass is 485 g/mol. The minimum atomic E-state index is -0.735. The zero-order valence-electron chi connectivity index (χ0n) is 18.5. The number of carbonyl (C=O) groups is 2. The quantitative estimate of drug-likeness (QED) is 0.500. The van der Waals surface area contributed by atoms with Crippen LogP contribution in [0.15, 0.2) is 34.9 Å². The van der Waals surface area contributed by atoms with Gasteiger partial charge in [-0.05, 0) is 75.9 Å². The van der Waals surface area contributed by atoms with Crippen LogP contribution in [0.4, 0.5) is 15.9 Å². The van der Waals surface area contributed by atoms with Crippen LogP contribution in [0.3, 0.4) is 0 Å². The van der Waals surface area contributed by atoms with Crippen molar-refractivity contribution in [2.75, 3.05) is 23.7 Å². The van der Waals surface area contributed by atoms with E-state index in [0.29, 0.717) is 11.1 Å². The Bertz CT molecular complexity index is 1200. The van der Waals surface area contributed by atoms with Crippen molar-refractivity contribution in [1.29, 1.82) is 0 Å². The van der Waals surface area contributed by atoms with Gasteiger partial charge in [0.1, 0.15) is 17.0 Å². The van der Waals surface area contributed by atoms with Gasteiger partial charge in [0.25, 0.3) is 5.91 Å². The zero-order chi connectivity index (χ0) is 23.7. The Morgan fingerprint density at radius 3 is 2.53 bits per heavy atom. The van der Waals surface area contributed by atoms with Gasteiger partial charge in [0.2, 0.25) is 17.6 Å². The van der Waals surface area contributed by atoms with Gasteiger partial charge >= 0.3 is 0 Å². The summed E-state index contributed by atoms with van der Waals surface area (Å²) in [6.45, 7) is 2.28. The molecule has 3 aromatic heterocycles. The van der Waals surface area contributed by atoms with Crippen molar-refractivity contribution < 1.29 is 18.4 Å². The number of hydrogen-bond acceptors (Lipinski definition) is 6. The molecule has 0 atom stereocenters. The van der Waals surface area contributed by atoms with Crippen LogP contribution in [0, 0.1) is 11.9 Å². The molecule has 4 heterocycles. The first-order valence-electron chi connectivity index (χ1n) is 11.5. The Morgan fingerprint density at radius 2 is 1.82 bits per heavy atom. The SMILES string of the molecule is O=C(Nc1ccc(Cl)cn1)c1oc2ccc(F)nc2c1NC(=O)[C@H]1CC[C@H](N2CCCC2)CC1. The van der Waals surface area contributed by atoms with Crippen LogP contribution in [0.25, 0.3) is 11.1 Å². The summed E-state index contributed by atoms with van der Waals surface area (Å²) in [5, 5.41) is 5.85. The van der Waals surface area contributed by atoms with Crippen molar-refractivity contribution in [2.24, 2.45) is 5.92 Å². The average Bonchev–Trinajstić information content (AvgIpc) is 3.49. The van der Waals surface area contributed by atoms with Crippen molar-refractivity contribution in [3.05, 3.63) is 47.2 Å². The van der Waals surface area contributed by atoms with Gasteiger partial charge in [0.05, 0.1) is 5.02 Å². The van der Waals surface area contributed by atoms with Crippen LogP contribution in [-0.4, -0.2) is 45.8 Å². The highest BCUT2D eigenvalue weighted by molar-refractivity contribution is 6.30. The second-order valence-corrected chi connectivity index (χ2v) is 9.28. The van der Waals surface area contributed by atoms with Crippen LogP contribution in [0.1, 0.15) is 49.1 Å². The number of amides is 2. The second kappa shape index (κ2) is 9.68. The lowest BCUT2D eigenvalue weighted by molar-refractivity contribution is -0.121. The zero-order valence-corrected chi connectivity index (χ0v) is 19.3. The molecular formula is C24H25ClFN5O3. The van der Waals surface area contributed by atoms with E-state index >= 15 is 0 Å². The first kappa shape index (κ1) is 22.7. The van der Waals surface area contributed by atoms with Crippen LogP contribution in [-0.2, 0) is 4.79 Å². The molecule has 178 valence electrons. The Morgan fingerprint density at radius 1 is 1.06 bits per heavy atom. The van der Waals surface area contributed by atoms with E-state index in [0.717, 1.165) is 44.8 Å². The Kier molecular flexibility index (Phi) is 6.47. The molecule has 0 bridgehead atoms. The fourth-order valence-corrected chi connectivity index (χ4v) is 5.00. The summed E-state index contributed by atoms with van der Waals surface area (Å²) in [5.74, 6) is -1.68. The minimum absolute atomic E-state index is 0.0626. The van der Waals surface area contributed by atoms with Crippen molar-refractivity contribution in [3.63, 3.8) is 0 Å². The highest BCUT2D eigenvalue weighted by atomic mass is 35.5. The fourth-order valence-electron chi connectivity index (χ4n) is 4.89. The van der Waals surface area contributed by atoms with E-state index in [4.69, 9.17) is 16.0 Å². The van der Waals surface area contributed by atoms with Crippen LogP contribution in [0.5, 0.6) is 0 Å². The minimum Gasteiger partial charge on any atom is -0.447 e. The standard InChI is InChI=1S/C24H25ClFN5O3/c25-15-5-10-19(27-13-15)29-24(33)22-21(20-17(34-22)8-9-18(26)28-20)30-23(32)14-3-6-16(7-4-14)31-11-1-2-12-31/h5,8-10,13-14,16H,1-4,6-7,11-12H2,(H,30,32)(H,27,29,33)/t14-,16-. The molecule has 2 N–H and O–H groups in total. The molecule has 2 aliphatic rings. The molecule has 2 fully saturated rings. The molecule has 0 unspecified atom stereocenters. The molecular weight excluding hydrogens is 461 g/mol. The molecule has 3 aromatic rings. The van der Waals surface area contributed by atoms with Gasteiger partial charge in [-0.2, -0.15) is 4.39 Å². The predicted molar refractivity (Wildman–Crippen MR) is 126 cm³/mol. The molecule has 8 nitrogen and oxygen atoms in total. The topological polar surface area (TPSA) is 100 Å². The van der Waals surface area contributed by atoms with Gasteiger partial charge in [-0.15, -0.1) is 0 Å². The summed E-state index contributed by atoms with van der Waals surface area (Å²) in [5.41, 5.74) is 0.351. The normalized spacial score (nSPS) is 21.0. The van der Waals surface area contributed by atoms with Crippen molar-refractivity contribution >= 4 is 46.0 Å². The summed E-state index contributed by atoms with van der Waals surface area (Å²) in [6, 6.07) is 6.18. The number of anilines is 2. The number of halogens is 2. The van der Waals surface area contributed by atoms with Crippen molar-refractivity contribution in [1.82, 2.24) is 14.9 Å². The third-order valence-corrected chi connectivity index (χ3v) is 6.87. The number of likely N-dealkylation sites (tertiary alicyclic amines) is 1. The molecule has 0 spiro atoms. The maximum absolute atomic E-state index is 13.9. The molecule has 34 heavy (non-hydrogen) atoms. The molecule has 0 radical (unpaired) electrons. The number of fused-ring (bicyclic) bond motifs is 1. The van der Waals surface area contributed by atoms with Gasteiger partial charge in [-0.25, -0.2) is 9.97 Å². The molecule has 0 aromatic carbocycles. The number of aromatic nitrogens is 2. The van der Waals surface area contributed by atoms with Gasteiger partial charge in [-0.1, -0.05) is 11.6 Å². The lowest BCUT2D eigenvalue weighted by Crippen LogP contribution is -2.38. The summed E-state index contributed by atoms with van der Waals surface area (Å²) in [4.78, 5) is 36.5. The third-order valence-electron chi connectivity index (χ3n) is 6.65. The maximum Gasteiger partial charge on any atom is 0.294 e. The third kappa shape index (κ3) is 4.76. The van der Waals surface area contributed by atoms with Crippen molar-refractivity contribution in [2.45, 2.75) is 44.6 Å². The maximum atomic E-state index is 13.9. The predicted octanol–water partition coefficient (Wildman–Crippen LogP) is 4.86. The van der Waals surface area contributed by atoms with E-state index in [1.807, 2.05) is 0 Å². The van der Waals surface area contributed by atoms with Gasteiger partial charge < -0.3 is 20.0 Å². The molecule has 1 aliphatic heterocycles. The highest BCUT2D eigenvalue weighted by Crippen LogP contribution is 2.34. The summed E-state index contributed by atoms with van der Waals surface area (Å²) in [7, 11) is 0. The van der Waals surface area contributed by atoms with E-state index in [-0.39, 0.29) is 40.2 Å².